The molecule has 16 heavy (non-hydrogen) atoms. The smallest absolute Gasteiger partial charge is 0.176 e. The molecule has 1 aromatic carbocycles. The molecule has 4 heteroatoms. The summed E-state index contributed by atoms with van der Waals surface area (Å²) in [5.41, 5.74) is -0.0474. The van der Waals surface area contributed by atoms with E-state index in [-0.39, 0.29) is 17.6 Å². The second-order valence-electron chi connectivity index (χ2n) is 3.12. The van der Waals surface area contributed by atoms with Gasteiger partial charge in [-0.15, -0.1) is 0 Å². The fraction of sp³-hybridized carbons (Fsp3) is 0.167. The average molecular weight is 219 g/mol. The van der Waals surface area contributed by atoms with Gasteiger partial charge in [-0.05, 0) is 24.3 Å². The molecule has 1 N–H and O–H groups in total. The molecule has 0 radical (unpaired) electrons. The molecule has 0 amide bonds. The highest BCUT2D eigenvalue weighted by molar-refractivity contribution is 6.04. The maximum absolute atomic E-state index is 12.6. The molecule has 82 valence electrons. The van der Waals surface area contributed by atoms with E-state index in [4.69, 9.17) is 5.26 Å². The topological polar surface area (TPSA) is 61.1 Å². The van der Waals surface area contributed by atoms with E-state index < -0.39 is 17.4 Å². The van der Waals surface area contributed by atoms with Crippen LogP contribution in [0.4, 0.5) is 4.39 Å². The summed E-state index contributed by atoms with van der Waals surface area (Å²) >= 11 is 0. The monoisotopic (exact) mass is 219 g/mol. The van der Waals surface area contributed by atoms with E-state index in [9.17, 15) is 14.3 Å². The molecule has 0 heterocycles. The summed E-state index contributed by atoms with van der Waals surface area (Å²) in [6.45, 7) is 1.59. The first-order valence-electron chi connectivity index (χ1n) is 4.72. The van der Waals surface area contributed by atoms with Gasteiger partial charge < -0.3 is 5.11 Å². The molecule has 0 aromatic heterocycles. The lowest BCUT2D eigenvalue weighted by atomic mass is 10.0. The maximum atomic E-state index is 12.6. The Morgan fingerprint density at radius 3 is 2.44 bits per heavy atom. The standard InChI is InChI=1S/C12H10FNO2/c1-2-11(15)10(7-14)12(16)8-3-5-9(13)6-4-8/h3-6,16H,2H2,1H3. The van der Waals surface area contributed by atoms with Gasteiger partial charge in [0.05, 0.1) is 0 Å². The molecule has 0 saturated carbocycles. The van der Waals surface area contributed by atoms with Gasteiger partial charge in [0, 0.05) is 12.0 Å². The first kappa shape index (κ1) is 11.9. The average Bonchev–Trinajstić information content (AvgIpc) is 2.30. The maximum Gasteiger partial charge on any atom is 0.176 e. The molecule has 0 atom stereocenters. The Balaban J connectivity index is 3.21. The van der Waals surface area contributed by atoms with Crippen molar-refractivity contribution in [3.63, 3.8) is 0 Å². The Labute approximate surface area is 92.4 Å². The number of rotatable bonds is 3. The number of hydrogen-bond acceptors (Lipinski definition) is 3. The summed E-state index contributed by atoms with van der Waals surface area (Å²) in [5.74, 6) is -1.30. The van der Waals surface area contributed by atoms with Crippen LogP contribution in [-0.2, 0) is 4.79 Å². The van der Waals surface area contributed by atoms with Crippen LogP contribution in [0.2, 0.25) is 0 Å². The van der Waals surface area contributed by atoms with Gasteiger partial charge in [0.2, 0.25) is 0 Å². The van der Waals surface area contributed by atoms with E-state index in [1.54, 1.807) is 13.0 Å². The fourth-order valence-corrected chi connectivity index (χ4v) is 1.18. The van der Waals surface area contributed by atoms with Crippen LogP contribution < -0.4 is 0 Å². The lowest BCUT2D eigenvalue weighted by Crippen LogP contribution is -2.02. The summed E-state index contributed by atoms with van der Waals surface area (Å²) < 4.78 is 12.6. The number of carbonyl (C=O) groups excluding carboxylic acids is 1. The summed E-state index contributed by atoms with van der Waals surface area (Å²) in [4.78, 5) is 11.3. The number of aliphatic hydroxyl groups is 1. The minimum absolute atomic E-state index is 0.133. The summed E-state index contributed by atoms with van der Waals surface area (Å²) in [6.07, 6.45) is 0.133. The number of halogens is 1. The Hall–Kier alpha value is -2.15. The minimum Gasteiger partial charge on any atom is -0.506 e. The normalized spacial score (nSPS) is 11.6. The molecular formula is C12H10FNO2. The number of hydrogen-bond donors (Lipinski definition) is 1. The van der Waals surface area contributed by atoms with Crippen LogP contribution in [0.25, 0.3) is 5.76 Å². The number of nitriles is 1. The van der Waals surface area contributed by atoms with Crippen LogP contribution in [0.3, 0.4) is 0 Å². The van der Waals surface area contributed by atoms with Crippen LogP contribution >= 0.6 is 0 Å². The lowest BCUT2D eigenvalue weighted by Gasteiger charge is -2.02. The Bertz CT molecular complexity index is 469. The number of benzene rings is 1. The van der Waals surface area contributed by atoms with E-state index in [1.165, 1.54) is 12.1 Å². The molecule has 1 rings (SSSR count). The van der Waals surface area contributed by atoms with E-state index >= 15 is 0 Å². The van der Waals surface area contributed by atoms with Crippen molar-refractivity contribution in [2.75, 3.05) is 0 Å². The minimum atomic E-state index is -0.447. The lowest BCUT2D eigenvalue weighted by molar-refractivity contribution is -0.114. The number of aliphatic hydroxyl groups excluding tert-OH is 1. The van der Waals surface area contributed by atoms with Crippen molar-refractivity contribution in [1.29, 1.82) is 5.26 Å². The quantitative estimate of drug-likeness (QED) is 0.483. The molecule has 3 nitrogen and oxygen atoms in total. The summed E-state index contributed by atoms with van der Waals surface area (Å²) in [7, 11) is 0. The number of carbonyl (C=O) groups is 1. The van der Waals surface area contributed by atoms with Gasteiger partial charge in [-0.3, -0.25) is 4.79 Å². The zero-order valence-electron chi connectivity index (χ0n) is 8.70. The molecule has 0 aliphatic carbocycles. The summed E-state index contributed by atoms with van der Waals surface area (Å²) in [5, 5.41) is 18.4. The third kappa shape index (κ3) is 2.45. The third-order valence-corrected chi connectivity index (χ3v) is 2.07. The Morgan fingerprint density at radius 1 is 1.44 bits per heavy atom. The van der Waals surface area contributed by atoms with Crippen molar-refractivity contribution in [2.45, 2.75) is 13.3 Å². The van der Waals surface area contributed by atoms with Gasteiger partial charge in [-0.25, -0.2) is 4.39 Å². The summed E-state index contributed by atoms with van der Waals surface area (Å²) in [6, 6.07) is 6.57. The number of allylic oxidation sites excluding steroid dienone is 1. The number of ketones is 1. The fourth-order valence-electron chi connectivity index (χ4n) is 1.18. The molecule has 0 fully saturated rings. The van der Waals surface area contributed by atoms with Crippen LogP contribution in [-0.4, -0.2) is 10.9 Å². The number of Topliss-reactive ketones (excluding diaryl/α,β-unsaturated/α-hetero) is 1. The largest absolute Gasteiger partial charge is 0.506 e. The molecular weight excluding hydrogens is 209 g/mol. The molecule has 0 spiro atoms. The SMILES string of the molecule is CCC(=O)C(C#N)=C(O)c1ccc(F)cc1. The molecule has 0 aliphatic heterocycles. The highest BCUT2D eigenvalue weighted by Gasteiger charge is 2.14. The van der Waals surface area contributed by atoms with Gasteiger partial charge in [-0.2, -0.15) is 5.26 Å². The van der Waals surface area contributed by atoms with Crippen molar-refractivity contribution >= 4 is 11.5 Å². The second-order valence-corrected chi connectivity index (χ2v) is 3.12. The highest BCUT2D eigenvalue weighted by atomic mass is 19.1. The van der Waals surface area contributed by atoms with Crippen molar-refractivity contribution < 1.29 is 14.3 Å². The first-order valence-corrected chi connectivity index (χ1v) is 4.72. The predicted molar refractivity (Wildman–Crippen MR) is 56.9 cm³/mol. The Morgan fingerprint density at radius 2 is 2.00 bits per heavy atom. The van der Waals surface area contributed by atoms with E-state index in [1.807, 2.05) is 0 Å². The van der Waals surface area contributed by atoms with Crippen molar-refractivity contribution in [2.24, 2.45) is 0 Å². The van der Waals surface area contributed by atoms with E-state index in [0.717, 1.165) is 12.1 Å². The van der Waals surface area contributed by atoms with Crippen molar-refractivity contribution in [1.82, 2.24) is 0 Å². The zero-order chi connectivity index (χ0) is 12.1. The molecule has 0 unspecified atom stereocenters. The van der Waals surface area contributed by atoms with Crippen LogP contribution in [0.5, 0.6) is 0 Å². The highest BCUT2D eigenvalue weighted by Crippen LogP contribution is 2.17. The van der Waals surface area contributed by atoms with Crippen LogP contribution in [0.15, 0.2) is 29.8 Å². The molecule has 0 aliphatic rings. The predicted octanol–water partition coefficient (Wildman–Crippen LogP) is 2.60. The van der Waals surface area contributed by atoms with Gasteiger partial charge in [0.1, 0.15) is 23.2 Å². The molecule has 0 saturated heterocycles. The third-order valence-electron chi connectivity index (χ3n) is 2.07. The Kier molecular flexibility index (Phi) is 3.78. The van der Waals surface area contributed by atoms with Crippen molar-refractivity contribution in [3.05, 3.63) is 41.2 Å². The number of nitrogens with zero attached hydrogens (tertiary/aromatic N) is 1. The van der Waals surface area contributed by atoms with Gasteiger partial charge in [-0.1, -0.05) is 6.92 Å². The van der Waals surface area contributed by atoms with E-state index in [0.29, 0.717) is 0 Å². The molecule has 0 bridgehead atoms. The molecule has 1 aromatic rings. The van der Waals surface area contributed by atoms with Crippen molar-refractivity contribution in [3.8, 4) is 6.07 Å². The van der Waals surface area contributed by atoms with Crippen LogP contribution in [0.1, 0.15) is 18.9 Å². The van der Waals surface area contributed by atoms with E-state index in [2.05, 4.69) is 0 Å². The second kappa shape index (κ2) is 5.08. The zero-order valence-corrected chi connectivity index (χ0v) is 8.70. The van der Waals surface area contributed by atoms with Crippen LogP contribution in [0, 0.1) is 17.1 Å². The van der Waals surface area contributed by atoms with Gasteiger partial charge in [0.15, 0.2) is 5.78 Å². The van der Waals surface area contributed by atoms with Gasteiger partial charge in [0.25, 0.3) is 0 Å². The van der Waals surface area contributed by atoms with Gasteiger partial charge >= 0.3 is 0 Å². The first-order chi connectivity index (χ1) is 7.60.